The zero-order chi connectivity index (χ0) is 16.7. The van der Waals surface area contributed by atoms with E-state index in [4.69, 9.17) is 39.5 Å². The van der Waals surface area contributed by atoms with Crippen LogP contribution in [0.25, 0.3) is 6.08 Å². The second-order valence-corrected chi connectivity index (χ2v) is 5.86. The molecule has 0 heterocycles. The van der Waals surface area contributed by atoms with E-state index < -0.39 is 6.09 Å². The number of benzene rings is 2. The normalized spacial score (nSPS) is 10.7. The molecule has 3 nitrogen and oxygen atoms in total. The highest BCUT2D eigenvalue weighted by Crippen LogP contribution is 2.30. The molecule has 0 radical (unpaired) electrons. The molecule has 0 saturated heterocycles. The maximum absolute atomic E-state index is 11.6. The van der Waals surface area contributed by atoms with Crippen molar-refractivity contribution in [1.82, 2.24) is 5.32 Å². The van der Waals surface area contributed by atoms with E-state index in [2.05, 4.69) is 5.32 Å². The average Bonchev–Trinajstić information content (AvgIpc) is 2.54. The molecule has 1 N–H and O–H groups in total. The van der Waals surface area contributed by atoms with E-state index in [1.807, 2.05) is 30.3 Å². The molecule has 23 heavy (non-hydrogen) atoms. The molecule has 2 aromatic rings. The van der Waals surface area contributed by atoms with Crippen LogP contribution in [-0.2, 0) is 11.3 Å². The number of halogens is 3. The van der Waals surface area contributed by atoms with Crippen LogP contribution < -0.4 is 5.32 Å². The lowest BCUT2D eigenvalue weighted by molar-refractivity contribution is 0.141. The first-order valence-electron chi connectivity index (χ1n) is 6.82. The summed E-state index contributed by atoms with van der Waals surface area (Å²) in [5.74, 6) is 0. The third kappa shape index (κ3) is 5.79. The highest BCUT2D eigenvalue weighted by Gasteiger charge is 2.04. The molecule has 0 aliphatic rings. The molecule has 0 fully saturated rings. The Labute approximate surface area is 149 Å². The fourth-order valence-corrected chi connectivity index (χ4v) is 2.48. The molecular formula is C17H14Cl3NO2. The molecule has 0 unspecified atom stereocenters. The fourth-order valence-electron chi connectivity index (χ4n) is 1.80. The highest BCUT2D eigenvalue weighted by atomic mass is 35.5. The molecule has 2 aromatic carbocycles. The zero-order valence-electron chi connectivity index (χ0n) is 12.1. The van der Waals surface area contributed by atoms with Gasteiger partial charge in [0.25, 0.3) is 0 Å². The Morgan fingerprint density at radius 3 is 2.61 bits per heavy atom. The van der Waals surface area contributed by atoms with Crippen LogP contribution in [0.15, 0.2) is 48.5 Å². The van der Waals surface area contributed by atoms with Gasteiger partial charge in [0.2, 0.25) is 0 Å². The number of amides is 1. The molecule has 2 rings (SSSR count). The molecule has 0 atom stereocenters. The van der Waals surface area contributed by atoms with Crippen molar-refractivity contribution in [2.75, 3.05) is 6.54 Å². The summed E-state index contributed by atoms with van der Waals surface area (Å²) in [7, 11) is 0. The lowest BCUT2D eigenvalue weighted by Crippen LogP contribution is -2.24. The van der Waals surface area contributed by atoms with Gasteiger partial charge < -0.3 is 10.1 Å². The number of alkyl carbamates (subject to hydrolysis) is 1. The summed E-state index contributed by atoms with van der Waals surface area (Å²) in [4.78, 5) is 11.6. The number of carbonyl (C=O) groups is 1. The second-order valence-electron chi connectivity index (χ2n) is 4.64. The number of hydrogen-bond acceptors (Lipinski definition) is 2. The van der Waals surface area contributed by atoms with Crippen molar-refractivity contribution in [3.05, 3.63) is 74.7 Å². The Bertz CT molecular complexity index is 702. The zero-order valence-corrected chi connectivity index (χ0v) is 14.3. The lowest BCUT2D eigenvalue weighted by Gasteiger charge is -2.05. The van der Waals surface area contributed by atoms with Crippen molar-refractivity contribution in [2.24, 2.45) is 0 Å². The predicted molar refractivity (Wildman–Crippen MR) is 95.1 cm³/mol. The van der Waals surface area contributed by atoms with Crippen LogP contribution in [0.1, 0.15) is 11.1 Å². The molecule has 0 saturated carbocycles. The Morgan fingerprint density at radius 1 is 1.13 bits per heavy atom. The van der Waals surface area contributed by atoms with E-state index in [-0.39, 0.29) is 6.61 Å². The van der Waals surface area contributed by atoms with Crippen LogP contribution in [0.3, 0.4) is 0 Å². The number of carbonyl (C=O) groups excluding carboxylic acids is 1. The summed E-state index contributed by atoms with van der Waals surface area (Å²) in [5, 5.41) is 3.91. The predicted octanol–water partition coefficient (Wildman–Crippen LogP) is 5.59. The van der Waals surface area contributed by atoms with Gasteiger partial charge in [-0.3, -0.25) is 0 Å². The molecule has 6 heteroatoms. The first-order chi connectivity index (χ1) is 11.1. The van der Waals surface area contributed by atoms with Gasteiger partial charge in [-0.2, -0.15) is 0 Å². The van der Waals surface area contributed by atoms with Crippen molar-refractivity contribution in [3.63, 3.8) is 0 Å². The van der Waals surface area contributed by atoms with Gasteiger partial charge in [-0.1, -0.05) is 77.3 Å². The van der Waals surface area contributed by atoms with Gasteiger partial charge in [0.1, 0.15) is 6.61 Å². The van der Waals surface area contributed by atoms with Crippen LogP contribution in [0, 0.1) is 0 Å². The minimum atomic E-state index is -0.492. The molecule has 0 aliphatic carbocycles. The van der Waals surface area contributed by atoms with Crippen molar-refractivity contribution < 1.29 is 9.53 Å². The molecule has 0 aromatic heterocycles. The molecular weight excluding hydrogens is 357 g/mol. The standard InChI is InChI=1S/C17H14Cl3NO2/c18-14-9-13(16(20)15(19)10-14)7-4-8-21-17(22)23-11-12-5-2-1-3-6-12/h1-7,9-10H,8,11H2,(H,21,22). The second kappa shape index (κ2) is 8.82. The first kappa shape index (κ1) is 17.7. The monoisotopic (exact) mass is 369 g/mol. The van der Waals surface area contributed by atoms with Crippen LogP contribution in [-0.4, -0.2) is 12.6 Å². The Hall–Kier alpha value is -1.68. The summed E-state index contributed by atoms with van der Waals surface area (Å²) in [6, 6.07) is 12.7. The molecule has 0 bridgehead atoms. The number of ether oxygens (including phenoxy) is 1. The van der Waals surface area contributed by atoms with Gasteiger partial charge in [0.05, 0.1) is 10.0 Å². The smallest absolute Gasteiger partial charge is 0.407 e. The number of rotatable bonds is 5. The van der Waals surface area contributed by atoms with Crippen molar-refractivity contribution >= 4 is 47.0 Å². The lowest BCUT2D eigenvalue weighted by atomic mass is 10.2. The number of hydrogen-bond donors (Lipinski definition) is 1. The van der Waals surface area contributed by atoms with Gasteiger partial charge >= 0.3 is 6.09 Å². The SMILES string of the molecule is O=C(NCC=Cc1cc(Cl)cc(Cl)c1Cl)OCc1ccccc1. The fraction of sp³-hybridized carbons (Fsp3) is 0.118. The van der Waals surface area contributed by atoms with Crippen molar-refractivity contribution in [1.29, 1.82) is 0 Å². The third-order valence-corrected chi connectivity index (χ3v) is 3.93. The van der Waals surface area contributed by atoms with Gasteiger partial charge in [-0.05, 0) is 23.3 Å². The van der Waals surface area contributed by atoms with E-state index in [0.29, 0.717) is 27.2 Å². The summed E-state index contributed by atoms with van der Waals surface area (Å²) in [6.07, 6.45) is 2.98. The van der Waals surface area contributed by atoms with E-state index >= 15 is 0 Å². The van der Waals surface area contributed by atoms with Crippen molar-refractivity contribution in [2.45, 2.75) is 6.61 Å². The van der Waals surface area contributed by atoms with E-state index in [1.165, 1.54) is 0 Å². The van der Waals surface area contributed by atoms with Crippen LogP contribution in [0.5, 0.6) is 0 Å². The summed E-state index contributed by atoms with van der Waals surface area (Å²) >= 11 is 17.9. The third-order valence-electron chi connectivity index (χ3n) is 2.90. The van der Waals surface area contributed by atoms with Crippen LogP contribution in [0.4, 0.5) is 4.79 Å². The highest BCUT2D eigenvalue weighted by molar-refractivity contribution is 6.44. The first-order valence-corrected chi connectivity index (χ1v) is 7.95. The minimum absolute atomic E-state index is 0.228. The van der Waals surface area contributed by atoms with Crippen LogP contribution in [0.2, 0.25) is 15.1 Å². The molecule has 120 valence electrons. The topological polar surface area (TPSA) is 38.3 Å². The summed E-state index contributed by atoms with van der Waals surface area (Å²) in [5.41, 5.74) is 1.61. The van der Waals surface area contributed by atoms with E-state index in [1.54, 1.807) is 24.3 Å². The van der Waals surface area contributed by atoms with Gasteiger partial charge in [0, 0.05) is 11.6 Å². The van der Waals surface area contributed by atoms with Gasteiger partial charge in [-0.15, -0.1) is 0 Å². The average molecular weight is 371 g/mol. The largest absolute Gasteiger partial charge is 0.445 e. The van der Waals surface area contributed by atoms with Crippen molar-refractivity contribution in [3.8, 4) is 0 Å². The van der Waals surface area contributed by atoms with Crippen LogP contribution >= 0.6 is 34.8 Å². The molecule has 0 aliphatic heterocycles. The molecule has 0 spiro atoms. The minimum Gasteiger partial charge on any atom is -0.445 e. The molecule has 1 amide bonds. The maximum atomic E-state index is 11.6. The Kier molecular flexibility index (Phi) is 6.78. The summed E-state index contributed by atoms with van der Waals surface area (Å²) in [6.45, 7) is 0.528. The number of nitrogens with one attached hydrogen (secondary N) is 1. The Balaban J connectivity index is 1.79. The maximum Gasteiger partial charge on any atom is 0.407 e. The van der Waals surface area contributed by atoms with E-state index in [0.717, 1.165) is 5.56 Å². The Morgan fingerprint density at radius 2 is 1.87 bits per heavy atom. The summed E-state index contributed by atoms with van der Waals surface area (Å²) < 4.78 is 5.09. The van der Waals surface area contributed by atoms with Gasteiger partial charge in [0.15, 0.2) is 0 Å². The van der Waals surface area contributed by atoms with Gasteiger partial charge in [-0.25, -0.2) is 4.79 Å². The van der Waals surface area contributed by atoms with E-state index in [9.17, 15) is 4.79 Å². The quantitative estimate of drug-likeness (QED) is 0.697.